The van der Waals surface area contributed by atoms with Gasteiger partial charge >= 0.3 is 0 Å². The fourth-order valence-electron chi connectivity index (χ4n) is 1.28. The van der Waals surface area contributed by atoms with Crippen molar-refractivity contribution in [3.63, 3.8) is 0 Å². The minimum Gasteiger partial charge on any atom is -0.490 e. The predicted molar refractivity (Wildman–Crippen MR) is 61.4 cm³/mol. The molecule has 0 spiro atoms. The average Bonchev–Trinajstić information content (AvgIpc) is 3.01. The number of nitrogens with one attached hydrogen (secondary N) is 1. The van der Waals surface area contributed by atoms with Gasteiger partial charge in [0.05, 0.1) is 6.10 Å². The third-order valence-corrected chi connectivity index (χ3v) is 2.94. The number of benzene rings is 1. The van der Waals surface area contributed by atoms with Crippen LogP contribution in [0.1, 0.15) is 12.8 Å². The van der Waals surface area contributed by atoms with E-state index in [-0.39, 0.29) is 0 Å². The normalized spacial score (nSPS) is 15.3. The summed E-state index contributed by atoms with van der Waals surface area (Å²) in [6.45, 7) is 0. The lowest BCUT2D eigenvalue weighted by Gasteiger charge is -2.09. The van der Waals surface area contributed by atoms with Crippen molar-refractivity contribution in [3.8, 4) is 5.75 Å². The highest BCUT2D eigenvalue weighted by Crippen LogP contribution is 2.31. The number of thioether (sulfide) groups is 1. The Morgan fingerprint density at radius 2 is 2.14 bits per heavy atom. The molecule has 0 aromatic heterocycles. The molecule has 0 amide bonds. The Hall–Kier alpha value is -0.830. The molecule has 1 aromatic carbocycles. The molecule has 14 heavy (non-hydrogen) atoms. The number of rotatable bonds is 4. The number of hydrogen-bond acceptors (Lipinski definition) is 3. The summed E-state index contributed by atoms with van der Waals surface area (Å²) in [5.74, 6) is 0.990. The first kappa shape index (κ1) is 9.71. The van der Waals surface area contributed by atoms with Gasteiger partial charge in [-0.25, -0.2) is 0 Å². The summed E-state index contributed by atoms with van der Waals surface area (Å²) in [7, 11) is 1.93. The van der Waals surface area contributed by atoms with Crippen LogP contribution in [0.3, 0.4) is 0 Å². The first-order chi connectivity index (χ1) is 6.81. The Labute approximate surface area is 89.0 Å². The quantitative estimate of drug-likeness (QED) is 0.770. The molecule has 2 nitrogen and oxygen atoms in total. The average molecular weight is 209 g/mol. The van der Waals surface area contributed by atoms with E-state index in [0.717, 1.165) is 11.4 Å². The second-order valence-corrected chi connectivity index (χ2v) is 4.34. The van der Waals surface area contributed by atoms with Crippen molar-refractivity contribution < 1.29 is 4.74 Å². The molecule has 2 rings (SSSR count). The fourth-order valence-corrected chi connectivity index (χ4v) is 1.76. The highest BCUT2D eigenvalue weighted by molar-refractivity contribution is 7.98. The Bertz CT molecular complexity index is 301. The lowest BCUT2D eigenvalue weighted by molar-refractivity contribution is 0.302. The number of hydrogen-bond donors (Lipinski definition) is 1. The van der Waals surface area contributed by atoms with Gasteiger partial charge in [-0.15, -0.1) is 11.8 Å². The molecule has 1 aliphatic carbocycles. The van der Waals surface area contributed by atoms with Crippen LogP contribution >= 0.6 is 11.8 Å². The van der Waals surface area contributed by atoms with Gasteiger partial charge in [0.1, 0.15) is 5.75 Å². The van der Waals surface area contributed by atoms with Crippen LogP contribution < -0.4 is 10.1 Å². The second kappa shape index (κ2) is 4.13. The Kier molecular flexibility index (Phi) is 2.87. The van der Waals surface area contributed by atoms with Crippen LogP contribution in [0.4, 0.5) is 5.69 Å². The van der Waals surface area contributed by atoms with Crippen LogP contribution in [0.25, 0.3) is 0 Å². The maximum Gasteiger partial charge on any atom is 0.122 e. The van der Waals surface area contributed by atoms with Crippen LogP contribution in [0.2, 0.25) is 0 Å². The van der Waals surface area contributed by atoms with Crippen LogP contribution in [0, 0.1) is 0 Å². The van der Waals surface area contributed by atoms with E-state index in [2.05, 4.69) is 29.8 Å². The van der Waals surface area contributed by atoms with Crippen LogP contribution in [-0.4, -0.2) is 19.4 Å². The molecule has 1 fully saturated rings. The van der Waals surface area contributed by atoms with Crippen molar-refractivity contribution in [3.05, 3.63) is 18.2 Å². The molecular weight excluding hydrogens is 194 g/mol. The van der Waals surface area contributed by atoms with Crippen molar-refractivity contribution in [1.29, 1.82) is 0 Å². The lowest BCUT2D eigenvalue weighted by Crippen LogP contribution is -1.97. The third-order valence-electron chi connectivity index (χ3n) is 2.23. The maximum absolute atomic E-state index is 5.76. The summed E-state index contributed by atoms with van der Waals surface area (Å²) in [5.41, 5.74) is 1.12. The molecule has 1 aliphatic rings. The fraction of sp³-hybridized carbons (Fsp3) is 0.455. The molecule has 0 radical (unpaired) electrons. The van der Waals surface area contributed by atoms with Crippen molar-refractivity contribution in [2.45, 2.75) is 23.8 Å². The summed E-state index contributed by atoms with van der Waals surface area (Å²) < 4.78 is 5.76. The first-order valence-corrected chi connectivity index (χ1v) is 6.08. The van der Waals surface area contributed by atoms with E-state index in [0.29, 0.717) is 6.10 Å². The Balaban J connectivity index is 2.19. The minimum atomic E-state index is 0.469. The van der Waals surface area contributed by atoms with Crippen LogP contribution in [0.5, 0.6) is 5.75 Å². The van der Waals surface area contributed by atoms with Gasteiger partial charge in [0.2, 0.25) is 0 Å². The smallest absolute Gasteiger partial charge is 0.122 e. The van der Waals surface area contributed by atoms with E-state index in [1.54, 1.807) is 11.8 Å². The molecule has 0 heterocycles. The van der Waals surface area contributed by atoms with Gasteiger partial charge in [-0.2, -0.15) is 0 Å². The summed E-state index contributed by atoms with van der Waals surface area (Å²) in [6, 6.07) is 6.28. The topological polar surface area (TPSA) is 21.3 Å². The third kappa shape index (κ3) is 2.35. The molecule has 1 saturated carbocycles. The number of ether oxygens (including phenoxy) is 1. The van der Waals surface area contributed by atoms with E-state index < -0.39 is 0 Å². The minimum absolute atomic E-state index is 0.469. The van der Waals surface area contributed by atoms with Crippen LogP contribution in [0.15, 0.2) is 23.1 Å². The molecule has 3 heteroatoms. The molecule has 0 unspecified atom stereocenters. The van der Waals surface area contributed by atoms with E-state index in [4.69, 9.17) is 4.74 Å². The van der Waals surface area contributed by atoms with Gasteiger partial charge in [-0.05, 0) is 31.2 Å². The van der Waals surface area contributed by atoms with E-state index >= 15 is 0 Å². The van der Waals surface area contributed by atoms with Crippen molar-refractivity contribution in [2.75, 3.05) is 18.6 Å². The van der Waals surface area contributed by atoms with Gasteiger partial charge in [-0.3, -0.25) is 0 Å². The monoisotopic (exact) mass is 209 g/mol. The SMILES string of the molecule is CNc1cc(OC2CC2)cc(SC)c1. The van der Waals surface area contributed by atoms with Gasteiger partial charge in [-0.1, -0.05) is 0 Å². The van der Waals surface area contributed by atoms with Crippen molar-refractivity contribution in [2.24, 2.45) is 0 Å². The van der Waals surface area contributed by atoms with Gasteiger partial charge < -0.3 is 10.1 Å². The molecule has 1 N–H and O–H groups in total. The highest BCUT2D eigenvalue weighted by atomic mass is 32.2. The molecule has 0 saturated heterocycles. The lowest BCUT2D eigenvalue weighted by atomic mass is 10.3. The summed E-state index contributed by atoms with van der Waals surface area (Å²) in [4.78, 5) is 1.24. The van der Waals surface area contributed by atoms with E-state index in [1.807, 2.05) is 7.05 Å². The largest absolute Gasteiger partial charge is 0.490 e. The molecule has 0 aliphatic heterocycles. The predicted octanol–water partition coefficient (Wildman–Crippen LogP) is 2.99. The molecule has 1 aromatic rings. The Morgan fingerprint density at radius 3 is 2.71 bits per heavy atom. The Morgan fingerprint density at radius 1 is 1.36 bits per heavy atom. The molecule has 76 valence electrons. The summed E-state index contributed by atoms with van der Waals surface area (Å²) >= 11 is 1.74. The van der Waals surface area contributed by atoms with Crippen LogP contribution in [-0.2, 0) is 0 Å². The van der Waals surface area contributed by atoms with Gasteiger partial charge in [0.15, 0.2) is 0 Å². The van der Waals surface area contributed by atoms with E-state index in [1.165, 1.54) is 17.7 Å². The van der Waals surface area contributed by atoms with Crippen molar-refractivity contribution in [1.82, 2.24) is 0 Å². The molecule has 0 bridgehead atoms. The summed E-state index contributed by atoms with van der Waals surface area (Å²) in [6.07, 6.45) is 4.96. The zero-order valence-corrected chi connectivity index (χ0v) is 9.36. The van der Waals surface area contributed by atoms with Crippen molar-refractivity contribution >= 4 is 17.4 Å². The first-order valence-electron chi connectivity index (χ1n) is 4.85. The highest BCUT2D eigenvalue weighted by Gasteiger charge is 2.23. The second-order valence-electron chi connectivity index (χ2n) is 3.46. The summed E-state index contributed by atoms with van der Waals surface area (Å²) in [5, 5.41) is 3.14. The zero-order valence-electron chi connectivity index (χ0n) is 8.54. The molecule has 0 atom stereocenters. The standard InChI is InChI=1S/C11H15NOS/c1-12-8-5-10(13-9-3-4-9)7-11(6-8)14-2/h5-7,9,12H,3-4H2,1-2H3. The molecular formula is C11H15NOS. The van der Waals surface area contributed by atoms with Gasteiger partial charge in [0.25, 0.3) is 0 Å². The number of anilines is 1. The van der Waals surface area contributed by atoms with Gasteiger partial charge in [0, 0.05) is 23.7 Å². The maximum atomic E-state index is 5.76. The zero-order chi connectivity index (χ0) is 9.97. The van der Waals surface area contributed by atoms with E-state index in [9.17, 15) is 0 Å².